The van der Waals surface area contributed by atoms with E-state index < -0.39 is 17.8 Å². The molecule has 0 spiro atoms. The maximum atomic E-state index is 14.8. The first-order valence-electron chi connectivity index (χ1n) is 11.6. The van der Waals surface area contributed by atoms with E-state index in [4.69, 9.17) is 10.5 Å². The number of hydrogen-bond donors (Lipinski definition) is 4. The number of benzene rings is 2. The van der Waals surface area contributed by atoms with Gasteiger partial charge in [0.1, 0.15) is 28.8 Å². The van der Waals surface area contributed by atoms with Gasteiger partial charge in [-0.2, -0.15) is 10.2 Å². The van der Waals surface area contributed by atoms with Crippen molar-refractivity contribution in [3.63, 3.8) is 0 Å². The number of nitrogens with one attached hydrogen (secondary N) is 3. The van der Waals surface area contributed by atoms with Crippen LogP contribution in [0, 0.1) is 5.82 Å². The minimum absolute atomic E-state index is 0.0162. The molecule has 3 heterocycles. The number of nitrogens with zero attached hydrogens (tertiary/aromatic N) is 4. The van der Waals surface area contributed by atoms with Gasteiger partial charge in [-0.3, -0.25) is 20.2 Å². The molecule has 3 aromatic heterocycles. The average molecular weight is 515 g/mol. The summed E-state index contributed by atoms with van der Waals surface area (Å²) in [4.78, 5) is 28.0. The standard InChI is InChI=1S/C26H23FN8O3/c1-14(2)22-12-24(35(34-22)16-3-5-20-15(9-16)13-30-33-20)32-26(37)31-21-6-4-17(10-19(21)27)38-18-7-8-29-23(11-18)25(28)36/h3-14H,1-2H3,(H2,28,36)(H,30,33)(H2,31,32,37). The second-order valence-electron chi connectivity index (χ2n) is 8.73. The normalized spacial score (nSPS) is 11.1. The number of pyridine rings is 1. The van der Waals surface area contributed by atoms with Crippen LogP contribution in [0.4, 0.5) is 20.7 Å². The first-order valence-corrected chi connectivity index (χ1v) is 11.6. The molecule has 0 fully saturated rings. The summed E-state index contributed by atoms with van der Waals surface area (Å²) < 4.78 is 22.0. The quantitative estimate of drug-likeness (QED) is 0.241. The van der Waals surface area contributed by atoms with Crippen LogP contribution in [0.15, 0.2) is 67.0 Å². The highest BCUT2D eigenvalue weighted by atomic mass is 19.1. The summed E-state index contributed by atoms with van der Waals surface area (Å²) in [5, 5.41) is 17.7. The lowest BCUT2D eigenvalue weighted by molar-refractivity contribution is 0.0995. The Balaban J connectivity index is 1.33. The van der Waals surface area contributed by atoms with E-state index in [9.17, 15) is 14.0 Å². The number of ether oxygens (including phenoxy) is 1. The van der Waals surface area contributed by atoms with E-state index in [1.807, 2.05) is 32.0 Å². The van der Waals surface area contributed by atoms with E-state index in [0.29, 0.717) is 5.82 Å². The Hall–Kier alpha value is -5.26. The lowest BCUT2D eigenvalue weighted by Gasteiger charge is -2.12. The number of hydrogen-bond acceptors (Lipinski definition) is 6. The van der Waals surface area contributed by atoms with Crippen LogP contribution in [0.3, 0.4) is 0 Å². The predicted molar refractivity (Wildman–Crippen MR) is 139 cm³/mol. The van der Waals surface area contributed by atoms with Crippen LogP contribution in [-0.4, -0.2) is 36.9 Å². The zero-order valence-electron chi connectivity index (χ0n) is 20.4. The van der Waals surface area contributed by atoms with Crippen molar-refractivity contribution in [1.82, 2.24) is 25.0 Å². The number of carbonyl (C=O) groups excluding carboxylic acids is 2. The molecule has 2 aromatic carbocycles. The lowest BCUT2D eigenvalue weighted by Crippen LogP contribution is -2.22. The van der Waals surface area contributed by atoms with Gasteiger partial charge in [0.05, 0.1) is 28.8 Å². The van der Waals surface area contributed by atoms with Gasteiger partial charge in [-0.1, -0.05) is 13.8 Å². The molecular weight excluding hydrogens is 491 g/mol. The molecule has 0 aliphatic carbocycles. The first-order chi connectivity index (χ1) is 18.3. The number of aromatic nitrogens is 5. The summed E-state index contributed by atoms with van der Waals surface area (Å²) in [6, 6.07) is 13.5. The van der Waals surface area contributed by atoms with Crippen molar-refractivity contribution < 1.29 is 18.7 Å². The molecule has 0 aliphatic heterocycles. The number of halogens is 1. The van der Waals surface area contributed by atoms with Crippen LogP contribution in [-0.2, 0) is 0 Å². The summed E-state index contributed by atoms with van der Waals surface area (Å²) in [6.45, 7) is 3.99. The number of nitrogens with two attached hydrogens (primary N) is 1. The van der Waals surface area contributed by atoms with Crippen LogP contribution in [0.5, 0.6) is 11.5 Å². The van der Waals surface area contributed by atoms with E-state index in [-0.39, 0.29) is 28.8 Å². The first kappa shape index (κ1) is 24.4. The monoisotopic (exact) mass is 514 g/mol. The van der Waals surface area contributed by atoms with Gasteiger partial charge in [-0.05, 0) is 42.3 Å². The van der Waals surface area contributed by atoms with Crippen LogP contribution < -0.4 is 21.1 Å². The maximum Gasteiger partial charge on any atom is 0.324 e. The number of primary amides is 1. The molecule has 11 nitrogen and oxygen atoms in total. The number of carbonyl (C=O) groups is 2. The van der Waals surface area contributed by atoms with Gasteiger partial charge in [0.15, 0.2) is 0 Å². The third kappa shape index (κ3) is 5.14. The van der Waals surface area contributed by atoms with E-state index >= 15 is 0 Å². The highest BCUT2D eigenvalue weighted by Gasteiger charge is 2.16. The molecule has 0 radical (unpaired) electrons. The summed E-state index contributed by atoms with van der Waals surface area (Å²) >= 11 is 0. The topological polar surface area (TPSA) is 153 Å². The SMILES string of the molecule is CC(C)c1cc(NC(=O)Nc2ccc(Oc3ccnc(C(N)=O)c3)cc2F)n(-c2ccc3[nH]ncc3c2)n1. The molecule has 0 saturated carbocycles. The lowest BCUT2D eigenvalue weighted by atomic mass is 10.1. The molecule has 5 N–H and O–H groups in total. The smallest absolute Gasteiger partial charge is 0.324 e. The van der Waals surface area contributed by atoms with Crippen LogP contribution in [0.2, 0.25) is 0 Å². The molecule has 0 bridgehead atoms. The predicted octanol–water partition coefficient (Wildman–Crippen LogP) is 4.94. The Morgan fingerprint density at radius 3 is 2.63 bits per heavy atom. The van der Waals surface area contributed by atoms with Gasteiger partial charge < -0.3 is 15.8 Å². The van der Waals surface area contributed by atoms with Crippen molar-refractivity contribution >= 4 is 34.3 Å². The van der Waals surface area contributed by atoms with Crippen molar-refractivity contribution in [3.05, 3.63) is 84.2 Å². The van der Waals surface area contributed by atoms with E-state index in [1.54, 1.807) is 16.9 Å². The van der Waals surface area contributed by atoms with Gasteiger partial charge >= 0.3 is 6.03 Å². The number of urea groups is 1. The number of fused-ring (bicyclic) bond motifs is 1. The van der Waals surface area contributed by atoms with Crippen molar-refractivity contribution in [2.45, 2.75) is 19.8 Å². The highest BCUT2D eigenvalue weighted by Crippen LogP contribution is 2.27. The van der Waals surface area contributed by atoms with E-state index in [0.717, 1.165) is 28.4 Å². The van der Waals surface area contributed by atoms with Crippen molar-refractivity contribution in [2.24, 2.45) is 5.73 Å². The molecule has 0 aliphatic rings. The van der Waals surface area contributed by atoms with Crippen LogP contribution in [0.1, 0.15) is 35.9 Å². The van der Waals surface area contributed by atoms with Gasteiger partial charge in [-0.25, -0.2) is 13.9 Å². The Bertz CT molecular complexity index is 1660. The van der Waals surface area contributed by atoms with Gasteiger partial charge in [0.25, 0.3) is 5.91 Å². The average Bonchev–Trinajstić information content (AvgIpc) is 3.52. The fourth-order valence-electron chi connectivity index (χ4n) is 3.71. The molecule has 0 saturated heterocycles. The fourth-order valence-corrected chi connectivity index (χ4v) is 3.71. The second-order valence-corrected chi connectivity index (χ2v) is 8.73. The zero-order chi connectivity index (χ0) is 26.8. The van der Waals surface area contributed by atoms with E-state index in [2.05, 4.69) is 30.9 Å². The molecule has 12 heteroatoms. The zero-order valence-corrected chi connectivity index (χ0v) is 20.4. The van der Waals surface area contributed by atoms with Gasteiger partial charge in [0.2, 0.25) is 0 Å². The van der Waals surface area contributed by atoms with Crippen molar-refractivity contribution in [3.8, 4) is 17.2 Å². The Morgan fingerprint density at radius 1 is 1.05 bits per heavy atom. The molecule has 0 atom stereocenters. The summed E-state index contributed by atoms with van der Waals surface area (Å²) in [6.07, 6.45) is 3.06. The van der Waals surface area contributed by atoms with Gasteiger partial charge in [-0.15, -0.1) is 0 Å². The third-order valence-electron chi connectivity index (χ3n) is 5.64. The van der Waals surface area contributed by atoms with E-state index in [1.165, 1.54) is 30.5 Å². The molecule has 192 valence electrons. The molecule has 5 aromatic rings. The summed E-state index contributed by atoms with van der Waals surface area (Å²) in [7, 11) is 0. The van der Waals surface area contributed by atoms with Gasteiger partial charge in [0, 0.05) is 29.8 Å². The molecular formula is C26H23FN8O3. The number of rotatable bonds is 7. The van der Waals surface area contributed by atoms with Crippen molar-refractivity contribution in [1.29, 1.82) is 0 Å². The number of anilines is 2. The number of aromatic amines is 1. The maximum absolute atomic E-state index is 14.8. The second kappa shape index (κ2) is 10.0. The van der Waals surface area contributed by atoms with Crippen LogP contribution >= 0.6 is 0 Å². The Labute approximate surface area is 215 Å². The largest absolute Gasteiger partial charge is 0.457 e. The summed E-state index contributed by atoms with van der Waals surface area (Å²) in [5.74, 6) is -0.488. The fraction of sp³-hybridized carbons (Fsp3) is 0.115. The highest BCUT2D eigenvalue weighted by molar-refractivity contribution is 5.99. The Kier molecular flexibility index (Phi) is 6.44. The molecule has 3 amide bonds. The Morgan fingerprint density at radius 2 is 1.87 bits per heavy atom. The van der Waals surface area contributed by atoms with Crippen LogP contribution in [0.25, 0.3) is 16.6 Å². The number of amides is 3. The molecule has 5 rings (SSSR count). The number of H-pyrrole nitrogens is 1. The third-order valence-corrected chi connectivity index (χ3v) is 5.64. The minimum Gasteiger partial charge on any atom is -0.457 e. The van der Waals surface area contributed by atoms with Crippen molar-refractivity contribution in [2.75, 3.05) is 10.6 Å². The molecule has 0 unspecified atom stereocenters. The summed E-state index contributed by atoms with van der Waals surface area (Å²) in [5.41, 5.74) is 7.56. The molecule has 38 heavy (non-hydrogen) atoms. The minimum atomic E-state index is -0.719.